The maximum Gasteiger partial charge on any atom is 0.407 e. The van der Waals surface area contributed by atoms with Crippen LogP contribution in [0.2, 0.25) is 0 Å². The van der Waals surface area contributed by atoms with Crippen LogP contribution in [-0.4, -0.2) is 41.1 Å². The van der Waals surface area contributed by atoms with Gasteiger partial charge in [0.15, 0.2) is 5.16 Å². The molecule has 8 heteroatoms. The largest absolute Gasteiger partial charge is 0.494 e. The van der Waals surface area contributed by atoms with E-state index in [1.165, 1.54) is 22.9 Å². The van der Waals surface area contributed by atoms with Gasteiger partial charge in [0.2, 0.25) is 0 Å². The molecule has 37 heavy (non-hydrogen) atoms. The van der Waals surface area contributed by atoms with E-state index in [0.717, 1.165) is 22.3 Å². The molecular weight excluding hydrogens is 486 g/mol. The van der Waals surface area contributed by atoms with E-state index in [9.17, 15) is 4.79 Å². The number of ether oxygens (including phenoxy) is 3. The Kier molecular flexibility index (Phi) is 9.80. The highest BCUT2D eigenvalue weighted by Gasteiger charge is 2.23. The van der Waals surface area contributed by atoms with Gasteiger partial charge in [-0.2, -0.15) is 0 Å². The third kappa shape index (κ3) is 8.97. The van der Waals surface area contributed by atoms with Gasteiger partial charge in [0.1, 0.15) is 23.7 Å². The topological polar surface area (TPSA) is 82.6 Å². The number of carbonyl (C=O) groups is 1. The summed E-state index contributed by atoms with van der Waals surface area (Å²) < 4.78 is 17.0. The smallest absolute Gasteiger partial charge is 0.407 e. The van der Waals surface area contributed by atoms with Crippen LogP contribution in [-0.2, 0) is 16.8 Å². The van der Waals surface area contributed by atoms with Gasteiger partial charge in [0, 0.05) is 18.2 Å². The maximum absolute atomic E-state index is 11.7. The van der Waals surface area contributed by atoms with Gasteiger partial charge in [-0.1, -0.05) is 49.9 Å². The highest BCUT2D eigenvalue weighted by atomic mass is 32.2. The molecule has 0 atom stereocenters. The van der Waals surface area contributed by atoms with E-state index >= 15 is 0 Å². The first kappa shape index (κ1) is 28.3. The van der Waals surface area contributed by atoms with Gasteiger partial charge in [-0.05, 0) is 74.9 Å². The molecule has 0 fully saturated rings. The molecule has 198 valence electrons. The summed E-state index contributed by atoms with van der Waals surface area (Å²) in [6.07, 6.45) is 3.99. The molecule has 0 aliphatic carbocycles. The number of hydrogen-bond donors (Lipinski definition) is 1. The zero-order valence-corrected chi connectivity index (χ0v) is 23.4. The average Bonchev–Trinajstić information content (AvgIpc) is 2.87. The summed E-state index contributed by atoms with van der Waals surface area (Å²) in [4.78, 5) is 20.3. The summed E-state index contributed by atoms with van der Waals surface area (Å²) in [7, 11) is 0. The zero-order valence-electron chi connectivity index (χ0n) is 22.5. The molecule has 3 aromatic rings. The maximum atomic E-state index is 11.7. The van der Waals surface area contributed by atoms with Crippen LogP contribution in [0.1, 0.15) is 57.9 Å². The van der Waals surface area contributed by atoms with Gasteiger partial charge in [-0.3, -0.25) is 0 Å². The number of aromatic nitrogens is 2. The Morgan fingerprint density at radius 3 is 2.05 bits per heavy atom. The van der Waals surface area contributed by atoms with Crippen molar-refractivity contribution in [3.8, 4) is 11.5 Å². The van der Waals surface area contributed by atoms with E-state index in [2.05, 4.69) is 53.4 Å². The average molecular weight is 524 g/mol. The normalized spacial score (nSPS) is 11.6. The van der Waals surface area contributed by atoms with Gasteiger partial charge < -0.3 is 19.5 Å². The fourth-order valence-corrected chi connectivity index (χ4v) is 3.96. The summed E-state index contributed by atoms with van der Waals surface area (Å²) >= 11 is 1.51. The Balaban J connectivity index is 1.48. The lowest BCUT2D eigenvalue weighted by Crippen LogP contribution is -2.33. The molecule has 0 saturated carbocycles. The first-order valence-electron chi connectivity index (χ1n) is 12.4. The quantitative estimate of drug-likeness (QED) is 0.177. The van der Waals surface area contributed by atoms with Crippen LogP contribution in [0, 0.1) is 0 Å². The summed E-state index contributed by atoms with van der Waals surface area (Å²) in [5, 5.41) is 3.48. The number of amides is 1. The molecule has 0 aliphatic rings. The second-order valence-corrected chi connectivity index (χ2v) is 10.9. The lowest BCUT2D eigenvalue weighted by molar-refractivity contribution is 0.0525. The van der Waals surface area contributed by atoms with Crippen molar-refractivity contribution >= 4 is 17.9 Å². The molecule has 1 N–H and O–H groups in total. The monoisotopic (exact) mass is 523 g/mol. The standard InChI is InChI=1S/C29H37N3O4S/c1-28(2,3)36-27(33)31-17-7-19-34-24-12-8-21(9-13-24)29(4,5)22-10-14-25(15-11-22)35-20-23-16-18-30-26(32-23)37-6/h8-16,18H,7,17,19-20H2,1-6H3,(H,31,33). The Bertz CT molecular complexity index is 1140. The molecule has 2 aromatic carbocycles. The van der Waals surface area contributed by atoms with Crippen molar-refractivity contribution < 1.29 is 19.0 Å². The summed E-state index contributed by atoms with van der Waals surface area (Å²) in [6.45, 7) is 11.3. The fourth-order valence-electron chi connectivity index (χ4n) is 3.58. The van der Waals surface area contributed by atoms with E-state index in [1.807, 2.05) is 57.4 Å². The Morgan fingerprint density at radius 2 is 1.49 bits per heavy atom. The molecule has 1 heterocycles. The minimum atomic E-state index is -0.498. The molecule has 0 unspecified atom stereocenters. The van der Waals surface area contributed by atoms with E-state index in [0.29, 0.717) is 26.2 Å². The van der Waals surface area contributed by atoms with Gasteiger partial charge in [-0.15, -0.1) is 0 Å². The number of carbonyl (C=O) groups excluding carboxylic acids is 1. The number of nitrogens with one attached hydrogen (secondary N) is 1. The van der Waals surface area contributed by atoms with Gasteiger partial charge in [0.05, 0.1) is 12.3 Å². The van der Waals surface area contributed by atoms with E-state index in [1.54, 1.807) is 6.20 Å². The van der Waals surface area contributed by atoms with Crippen molar-refractivity contribution in [2.24, 2.45) is 0 Å². The summed E-state index contributed by atoms with van der Waals surface area (Å²) in [6, 6.07) is 18.2. The minimum absolute atomic E-state index is 0.186. The van der Waals surface area contributed by atoms with Crippen molar-refractivity contribution in [2.45, 2.75) is 63.8 Å². The van der Waals surface area contributed by atoms with E-state index in [4.69, 9.17) is 14.2 Å². The molecular formula is C29H37N3O4S. The molecule has 3 rings (SSSR count). The molecule has 0 spiro atoms. The van der Waals surface area contributed by atoms with Crippen LogP contribution in [0.3, 0.4) is 0 Å². The van der Waals surface area contributed by atoms with Gasteiger partial charge in [-0.25, -0.2) is 14.8 Å². The number of thioether (sulfide) groups is 1. The first-order chi connectivity index (χ1) is 17.6. The predicted molar refractivity (Wildman–Crippen MR) is 148 cm³/mol. The number of benzene rings is 2. The van der Waals surface area contributed by atoms with Crippen LogP contribution < -0.4 is 14.8 Å². The Labute approximate surface area is 224 Å². The van der Waals surface area contributed by atoms with E-state index < -0.39 is 11.7 Å². The molecule has 0 aliphatic heterocycles. The van der Waals surface area contributed by atoms with Crippen molar-refractivity contribution in [1.82, 2.24) is 15.3 Å². The van der Waals surface area contributed by atoms with Gasteiger partial charge in [0.25, 0.3) is 0 Å². The molecule has 0 saturated heterocycles. The number of rotatable bonds is 11. The molecule has 7 nitrogen and oxygen atoms in total. The first-order valence-corrected chi connectivity index (χ1v) is 13.6. The Hall–Kier alpha value is -3.26. The highest BCUT2D eigenvalue weighted by molar-refractivity contribution is 7.98. The van der Waals surface area contributed by atoms with Crippen molar-refractivity contribution in [3.63, 3.8) is 0 Å². The van der Waals surface area contributed by atoms with E-state index in [-0.39, 0.29) is 5.41 Å². The summed E-state index contributed by atoms with van der Waals surface area (Å²) in [5.41, 5.74) is 2.54. The zero-order chi connectivity index (χ0) is 26.9. The van der Waals surface area contributed by atoms with Crippen molar-refractivity contribution in [3.05, 3.63) is 77.6 Å². The lowest BCUT2D eigenvalue weighted by Gasteiger charge is -2.26. The predicted octanol–water partition coefficient (Wildman–Crippen LogP) is 6.40. The van der Waals surface area contributed by atoms with Crippen molar-refractivity contribution in [2.75, 3.05) is 19.4 Å². The Morgan fingerprint density at radius 1 is 0.892 bits per heavy atom. The minimum Gasteiger partial charge on any atom is -0.494 e. The molecule has 1 amide bonds. The van der Waals surface area contributed by atoms with Crippen LogP contribution in [0.4, 0.5) is 4.79 Å². The fraction of sp³-hybridized carbons (Fsp3) is 0.414. The van der Waals surface area contributed by atoms with Crippen LogP contribution >= 0.6 is 11.8 Å². The van der Waals surface area contributed by atoms with Gasteiger partial charge >= 0.3 is 6.09 Å². The van der Waals surface area contributed by atoms with Crippen molar-refractivity contribution in [1.29, 1.82) is 0 Å². The number of alkyl carbamates (subject to hydrolysis) is 1. The number of hydrogen-bond acceptors (Lipinski definition) is 7. The highest BCUT2D eigenvalue weighted by Crippen LogP contribution is 2.33. The molecule has 0 bridgehead atoms. The van der Waals surface area contributed by atoms with Crippen LogP contribution in [0.5, 0.6) is 11.5 Å². The second-order valence-electron chi connectivity index (χ2n) is 10.1. The van der Waals surface area contributed by atoms with Crippen LogP contribution in [0.25, 0.3) is 0 Å². The lowest BCUT2D eigenvalue weighted by atomic mass is 9.78. The van der Waals surface area contributed by atoms with Crippen LogP contribution in [0.15, 0.2) is 66.0 Å². The molecule has 1 aromatic heterocycles. The molecule has 0 radical (unpaired) electrons. The third-order valence-electron chi connectivity index (χ3n) is 5.67. The summed E-state index contributed by atoms with van der Waals surface area (Å²) in [5.74, 6) is 1.60. The number of nitrogens with zero attached hydrogens (tertiary/aromatic N) is 2. The third-order valence-corrected chi connectivity index (χ3v) is 6.23. The second kappa shape index (κ2) is 12.8. The SMILES string of the molecule is CSc1nccc(COc2ccc(C(C)(C)c3ccc(OCCCNC(=O)OC(C)(C)C)cc3)cc2)n1.